The van der Waals surface area contributed by atoms with Crippen molar-refractivity contribution in [2.45, 2.75) is 97.7 Å². The molecule has 0 aromatic heterocycles. The molecule has 1 rings (SSSR count). The summed E-state index contributed by atoms with van der Waals surface area (Å²) in [6.45, 7) is 15.3. The van der Waals surface area contributed by atoms with Crippen molar-refractivity contribution in [3.63, 3.8) is 0 Å². The number of cyclic esters (lactones) is 1. The van der Waals surface area contributed by atoms with E-state index >= 15 is 0 Å². The van der Waals surface area contributed by atoms with Crippen LogP contribution in [0.15, 0.2) is 0 Å². The molecule has 1 heterocycles. The van der Waals surface area contributed by atoms with Gasteiger partial charge < -0.3 is 24.6 Å². The predicted octanol–water partition coefficient (Wildman–Crippen LogP) is 2.66. The molecule has 0 aromatic rings. The Balaban J connectivity index is 3.43. The van der Waals surface area contributed by atoms with Gasteiger partial charge in [-0.3, -0.25) is 9.59 Å². The van der Waals surface area contributed by atoms with E-state index in [1.807, 2.05) is 39.6 Å². The Bertz CT molecular complexity index is 623. The summed E-state index contributed by atoms with van der Waals surface area (Å²) in [6, 6.07) is -0.375. The molecule has 7 nitrogen and oxygen atoms in total. The fourth-order valence-electron chi connectivity index (χ4n) is 4.93. The summed E-state index contributed by atoms with van der Waals surface area (Å²) in [7, 11) is 3.57. The van der Waals surface area contributed by atoms with Gasteiger partial charge in [0.2, 0.25) is 0 Å². The Morgan fingerprint density at radius 3 is 2.19 bits per heavy atom. The Labute approximate surface area is 188 Å². The van der Waals surface area contributed by atoms with Gasteiger partial charge in [0.05, 0.1) is 5.60 Å². The molecule has 0 radical (unpaired) electrons. The smallest absolute Gasteiger partial charge is 0.316 e. The highest BCUT2D eigenvalue weighted by Gasteiger charge is 2.46. The highest BCUT2D eigenvalue weighted by Crippen LogP contribution is 2.36. The lowest BCUT2D eigenvalue weighted by Gasteiger charge is -2.42. The van der Waals surface area contributed by atoms with Gasteiger partial charge in [-0.1, -0.05) is 27.7 Å². The van der Waals surface area contributed by atoms with E-state index in [0.29, 0.717) is 19.4 Å². The summed E-state index contributed by atoms with van der Waals surface area (Å²) in [6.07, 6.45) is -1.05. The van der Waals surface area contributed by atoms with Gasteiger partial charge in [0.1, 0.15) is 29.5 Å². The third-order valence-corrected chi connectivity index (χ3v) is 7.79. The molecular weight excluding hydrogens is 398 g/mol. The molecule has 1 saturated heterocycles. The summed E-state index contributed by atoms with van der Waals surface area (Å²) < 4.78 is 11.5. The van der Waals surface area contributed by atoms with Gasteiger partial charge in [-0.25, -0.2) is 0 Å². The molecule has 1 aliphatic heterocycles. The van der Waals surface area contributed by atoms with Gasteiger partial charge in [0.15, 0.2) is 0 Å². The summed E-state index contributed by atoms with van der Waals surface area (Å²) in [4.78, 5) is 28.0. The van der Waals surface area contributed by atoms with Crippen molar-refractivity contribution >= 4 is 11.8 Å². The fourth-order valence-corrected chi connectivity index (χ4v) is 4.93. The minimum absolute atomic E-state index is 0.119. The number of hydrogen-bond acceptors (Lipinski definition) is 7. The van der Waals surface area contributed by atoms with Crippen LogP contribution in [-0.4, -0.2) is 77.0 Å². The van der Waals surface area contributed by atoms with Crippen molar-refractivity contribution in [3.05, 3.63) is 0 Å². The van der Waals surface area contributed by atoms with E-state index in [0.717, 1.165) is 0 Å². The number of likely N-dealkylation sites (N-methyl/N-ethyl adjacent to an activating group) is 1. The van der Waals surface area contributed by atoms with Gasteiger partial charge >= 0.3 is 5.97 Å². The maximum atomic E-state index is 13.1. The SMILES string of the molecule is CC[C@H]1OC(=O)[C@H](C)C(=O)[C@H](C)C(C)[C@](C)(OC)C[C@@H](C)CN(C)[C@H](C)[C@@H](O)[C@]1(C)O. The van der Waals surface area contributed by atoms with Crippen LogP contribution in [0.1, 0.15) is 68.2 Å². The molecule has 31 heavy (non-hydrogen) atoms. The average molecular weight is 444 g/mol. The Hall–Kier alpha value is -1.02. The summed E-state index contributed by atoms with van der Waals surface area (Å²) in [5, 5.41) is 22.1. The van der Waals surface area contributed by atoms with E-state index in [-0.39, 0.29) is 23.7 Å². The Kier molecular flexibility index (Phi) is 9.70. The molecule has 1 aliphatic rings. The van der Waals surface area contributed by atoms with E-state index in [1.54, 1.807) is 21.0 Å². The highest BCUT2D eigenvalue weighted by molar-refractivity contribution is 5.99. The lowest BCUT2D eigenvalue weighted by Crippen LogP contribution is -2.59. The van der Waals surface area contributed by atoms with Crippen LogP contribution >= 0.6 is 0 Å². The van der Waals surface area contributed by atoms with E-state index < -0.39 is 41.2 Å². The largest absolute Gasteiger partial charge is 0.459 e. The average Bonchev–Trinajstić information content (AvgIpc) is 2.72. The number of nitrogens with zero attached hydrogens (tertiary/aromatic N) is 1. The fraction of sp³-hybridized carbons (Fsp3) is 0.917. The molecule has 0 spiro atoms. The molecule has 1 fully saturated rings. The number of hydrogen-bond donors (Lipinski definition) is 2. The lowest BCUT2D eigenvalue weighted by molar-refractivity contribution is -0.189. The molecule has 0 amide bonds. The summed E-state index contributed by atoms with van der Waals surface area (Å²) in [5.74, 6) is -2.17. The van der Waals surface area contributed by atoms with Gasteiger partial charge in [0, 0.05) is 25.6 Å². The molecule has 7 heteroatoms. The van der Waals surface area contributed by atoms with Crippen molar-refractivity contribution in [3.8, 4) is 0 Å². The number of aliphatic hydroxyl groups is 2. The number of ketones is 1. The van der Waals surface area contributed by atoms with Crippen molar-refractivity contribution < 1.29 is 29.3 Å². The second kappa shape index (κ2) is 10.7. The number of esters is 1. The molecule has 0 aliphatic carbocycles. The molecule has 182 valence electrons. The molecule has 9 atom stereocenters. The number of aliphatic hydroxyl groups excluding tert-OH is 1. The minimum Gasteiger partial charge on any atom is -0.459 e. The van der Waals surface area contributed by atoms with Gasteiger partial charge in [0.25, 0.3) is 0 Å². The second-order valence-electron chi connectivity index (χ2n) is 10.2. The second-order valence-corrected chi connectivity index (χ2v) is 10.2. The third kappa shape index (κ3) is 6.06. The van der Waals surface area contributed by atoms with Crippen molar-refractivity contribution in [2.75, 3.05) is 20.7 Å². The Morgan fingerprint density at radius 1 is 1.16 bits per heavy atom. The van der Waals surface area contributed by atoms with Gasteiger partial charge in [-0.15, -0.1) is 0 Å². The number of rotatable bonds is 2. The van der Waals surface area contributed by atoms with E-state index in [1.165, 1.54) is 6.92 Å². The molecule has 0 bridgehead atoms. The zero-order valence-electron chi connectivity index (χ0n) is 21.1. The molecule has 1 unspecified atom stereocenters. The zero-order valence-corrected chi connectivity index (χ0v) is 21.1. The maximum absolute atomic E-state index is 13.1. The first-order chi connectivity index (χ1) is 14.1. The molecule has 0 aromatic carbocycles. The van der Waals surface area contributed by atoms with Crippen LogP contribution in [0.3, 0.4) is 0 Å². The Morgan fingerprint density at radius 2 is 1.71 bits per heavy atom. The number of methoxy groups -OCH3 is 1. The van der Waals surface area contributed by atoms with Crippen molar-refractivity contribution in [1.29, 1.82) is 0 Å². The normalized spacial score (nSPS) is 45.0. The topological polar surface area (TPSA) is 96.3 Å². The highest BCUT2D eigenvalue weighted by atomic mass is 16.6. The van der Waals surface area contributed by atoms with Crippen molar-refractivity contribution in [1.82, 2.24) is 4.90 Å². The molecule has 2 N–H and O–H groups in total. The number of carbonyl (C=O) groups excluding carboxylic acids is 2. The minimum atomic E-state index is -1.66. The first-order valence-corrected chi connectivity index (χ1v) is 11.5. The van der Waals surface area contributed by atoms with Gasteiger partial charge in [-0.2, -0.15) is 0 Å². The van der Waals surface area contributed by atoms with Crippen molar-refractivity contribution in [2.24, 2.45) is 23.7 Å². The summed E-state index contributed by atoms with van der Waals surface area (Å²) in [5.41, 5.74) is -2.22. The quantitative estimate of drug-likeness (QED) is 0.500. The third-order valence-electron chi connectivity index (χ3n) is 7.79. The van der Waals surface area contributed by atoms with Crippen LogP contribution in [0.4, 0.5) is 0 Å². The number of ether oxygens (including phenoxy) is 2. The van der Waals surface area contributed by atoms with Crippen LogP contribution in [0.25, 0.3) is 0 Å². The maximum Gasteiger partial charge on any atom is 0.316 e. The van der Waals surface area contributed by atoms with Crippen LogP contribution in [0.2, 0.25) is 0 Å². The van der Waals surface area contributed by atoms with E-state index in [4.69, 9.17) is 9.47 Å². The van der Waals surface area contributed by atoms with Gasteiger partial charge in [-0.05, 0) is 59.4 Å². The van der Waals surface area contributed by atoms with E-state index in [9.17, 15) is 19.8 Å². The number of Topliss-reactive ketones (excluding diaryl/α,β-unsaturated/α-hetero) is 1. The molecular formula is C24H45NO6. The monoisotopic (exact) mass is 443 g/mol. The van der Waals surface area contributed by atoms with E-state index in [2.05, 4.69) is 6.92 Å². The van der Waals surface area contributed by atoms with Crippen LogP contribution in [0, 0.1) is 23.7 Å². The van der Waals surface area contributed by atoms with Crippen LogP contribution < -0.4 is 0 Å². The van der Waals surface area contributed by atoms with Crippen LogP contribution in [-0.2, 0) is 19.1 Å². The number of carbonyl (C=O) groups is 2. The first kappa shape index (κ1) is 28.0. The predicted molar refractivity (Wildman–Crippen MR) is 121 cm³/mol. The standard InChI is InChI=1S/C24H45NO6/c1-11-19-24(8,29)21(27)18(6)25(9)13-14(2)12-23(7,30-10)17(5)15(3)20(26)16(4)22(28)31-19/h14-19,21,27,29H,11-13H2,1-10H3/t14-,15-,16-,17?,18-,19-,21-,23-,24-/m1/s1. The lowest BCUT2D eigenvalue weighted by atomic mass is 9.73. The van der Waals surface area contributed by atoms with Crippen LogP contribution in [0.5, 0.6) is 0 Å². The first-order valence-electron chi connectivity index (χ1n) is 11.5. The zero-order chi connectivity index (χ0) is 24.3. The summed E-state index contributed by atoms with van der Waals surface area (Å²) >= 11 is 0. The molecule has 0 saturated carbocycles.